The number of carbonyl (C=O) groups excluding carboxylic acids is 1. The average molecular weight is 536 g/mol. The molecule has 1 saturated heterocycles. The molecular weight excluding hydrogens is 498 g/mol. The number of hydrogen-bond acceptors (Lipinski definition) is 8. The maximum Gasteiger partial charge on any atom is 0.287 e. The van der Waals surface area contributed by atoms with Crippen LogP contribution in [-0.4, -0.2) is 62.9 Å². The summed E-state index contributed by atoms with van der Waals surface area (Å²) in [6.07, 6.45) is 3.78. The maximum atomic E-state index is 12.7. The number of carbonyl (C=O) groups is 1. The van der Waals surface area contributed by atoms with Gasteiger partial charge in [0, 0.05) is 26.2 Å². The SMILES string of the molecule is COc1ccc(CN(Cc2ccc3c(c2)OCO3)Cc2ccc(C(=O)NCCN3CCCCC3)o2)cc1OC. The van der Waals surface area contributed by atoms with E-state index < -0.39 is 0 Å². The number of amides is 1. The first-order valence-electron chi connectivity index (χ1n) is 13.5. The second-order valence-electron chi connectivity index (χ2n) is 9.95. The normalized spacial score (nSPS) is 14.9. The third-order valence-corrected chi connectivity index (χ3v) is 7.12. The Balaban J connectivity index is 1.26. The molecule has 0 unspecified atom stereocenters. The molecule has 1 aromatic heterocycles. The Hall–Kier alpha value is -3.69. The Morgan fingerprint density at radius 3 is 2.41 bits per heavy atom. The minimum atomic E-state index is -0.180. The van der Waals surface area contributed by atoms with Gasteiger partial charge in [-0.05, 0) is 73.5 Å². The van der Waals surface area contributed by atoms with E-state index in [-0.39, 0.29) is 12.7 Å². The molecule has 3 heterocycles. The molecule has 39 heavy (non-hydrogen) atoms. The molecular formula is C30H37N3O6. The third kappa shape index (κ3) is 7.04. The molecule has 0 radical (unpaired) electrons. The number of fused-ring (bicyclic) bond motifs is 1. The number of benzene rings is 2. The zero-order valence-electron chi connectivity index (χ0n) is 22.7. The highest BCUT2D eigenvalue weighted by atomic mass is 16.7. The predicted molar refractivity (Wildman–Crippen MR) is 146 cm³/mol. The van der Waals surface area contributed by atoms with Gasteiger partial charge in [0.1, 0.15) is 5.76 Å². The fourth-order valence-electron chi connectivity index (χ4n) is 5.11. The molecule has 3 aromatic rings. The van der Waals surface area contributed by atoms with Gasteiger partial charge in [0.15, 0.2) is 28.8 Å². The molecule has 9 nitrogen and oxygen atoms in total. The van der Waals surface area contributed by atoms with E-state index in [1.165, 1.54) is 19.3 Å². The van der Waals surface area contributed by atoms with Crippen LogP contribution in [0.3, 0.4) is 0 Å². The van der Waals surface area contributed by atoms with Crippen molar-refractivity contribution < 1.29 is 28.2 Å². The molecule has 0 aliphatic carbocycles. The van der Waals surface area contributed by atoms with Crippen LogP contribution < -0.4 is 24.3 Å². The number of rotatable bonds is 12. The van der Waals surface area contributed by atoms with E-state index in [0.717, 1.165) is 48.0 Å². The van der Waals surface area contributed by atoms with E-state index in [0.29, 0.717) is 43.4 Å². The van der Waals surface area contributed by atoms with Crippen molar-refractivity contribution >= 4 is 5.91 Å². The van der Waals surface area contributed by atoms with Crippen LogP contribution in [0.5, 0.6) is 23.0 Å². The van der Waals surface area contributed by atoms with Crippen molar-refractivity contribution in [1.82, 2.24) is 15.1 Å². The Kier molecular flexibility index (Phi) is 8.90. The molecule has 0 spiro atoms. The summed E-state index contributed by atoms with van der Waals surface area (Å²) in [6, 6.07) is 15.5. The van der Waals surface area contributed by atoms with Crippen molar-refractivity contribution in [3.05, 3.63) is 71.2 Å². The first-order valence-corrected chi connectivity index (χ1v) is 13.5. The Bertz CT molecular complexity index is 1250. The zero-order valence-corrected chi connectivity index (χ0v) is 22.7. The number of nitrogens with one attached hydrogen (secondary N) is 1. The van der Waals surface area contributed by atoms with Crippen molar-refractivity contribution in [2.45, 2.75) is 38.9 Å². The number of hydrogen-bond donors (Lipinski definition) is 1. The summed E-state index contributed by atoms with van der Waals surface area (Å²) >= 11 is 0. The highest BCUT2D eigenvalue weighted by Gasteiger charge is 2.18. The fraction of sp³-hybridized carbons (Fsp3) is 0.433. The Morgan fingerprint density at radius 2 is 1.62 bits per heavy atom. The Labute approximate surface area is 229 Å². The lowest BCUT2D eigenvalue weighted by Gasteiger charge is -2.26. The first kappa shape index (κ1) is 26.9. The molecule has 0 bridgehead atoms. The molecule has 0 atom stereocenters. The molecule has 1 fully saturated rings. The number of nitrogens with zero attached hydrogens (tertiary/aromatic N) is 2. The van der Waals surface area contributed by atoms with Crippen molar-refractivity contribution in [2.75, 3.05) is 47.2 Å². The first-order chi connectivity index (χ1) is 19.1. The summed E-state index contributed by atoms with van der Waals surface area (Å²) in [5.41, 5.74) is 2.15. The van der Waals surface area contributed by atoms with E-state index in [4.69, 9.17) is 23.4 Å². The van der Waals surface area contributed by atoms with Gasteiger partial charge in [-0.25, -0.2) is 0 Å². The van der Waals surface area contributed by atoms with E-state index in [9.17, 15) is 4.79 Å². The lowest BCUT2D eigenvalue weighted by molar-refractivity contribution is 0.0914. The summed E-state index contributed by atoms with van der Waals surface area (Å²) in [5, 5.41) is 3.00. The van der Waals surface area contributed by atoms with Crippen LogP contribution in [0.15, 0.2) is 52.9 Å². The van der Waals surface area contributed by atoms with Gasteiger partial charge in [-0.15, -0.1) is 0 Å². The van der Waals surface area contributed by atoms with Crippen molar-refractivity contribution in [3.63, 3.8) is 0 Å². The smallest absolute Gasteiger partial charge is 0.287 e. The van der Waals surface area contributed by atoms with Crippen LogP contribution in [-0.2, 0) is 19.6 Å². The summed E-state index contributed by atoms with van der Waals surface area (Å²) in [5.74, 6) is 3.74. The van der Waals surface area contributed by atoms with E-state index >= 15 is 0 Å². The zero-order chi connectivity index (χ0) is 27.0. The second-order valence-corrected chi connectivity index (χ2v) is 9.95. The molecule has 1 N–H and O–H groups in total. The molecule has 5 rings (SSSR count). The van der Waals surface area contributed by atoms with Gasteiger partial charge in [0.25, 0.3) is 5.91 Å². The molecule has 2 aliphatic heterocycles. The monoisotopic (exact) mass is 535 g/mol. The van der Waals surface area contributed by atoms with Gasteiger partial charge < -0.3 is 33.6 Å². The minimum Gasteiger partial charge on any atom is -0.493 e. The van der Waals surface area contributed by atoms with E-state index in [1.807, 2.05) is 42.5 Å². The second kappa shape index (κ2) is 12.9. The van der Waals surface area contributed by atoms with Crippen LogP contribution >= 0.6 is 0 Å². The number of likely N-dealkylation sites (tertiary alicyclic amines) is 1. The van der Waals surface area contributed by atoms with Gasteiger partial charge >= 0.3 is 0 Å². The van der Waals surface area contributed by atoms with Gasteiger partial charge in [-0.3, -0.25) is 9.69 Å². The summed E-state index contributed by atoms with van der Waals surface area (Å²) in [4.78, 5) is 17.4. The van der Waals surface area contributed by atoms with Gasteiger partial charge in [-0.1, -0.05) is 18.6 Å². The lowest BCUT2D eigenvalue weighted by atomic mass is 10.1. The molecule has 0 saturated carbocycles. The van der Waals surface area contributed by atoms with Gasteiger partial charge in [-0.2, -0.15) is 0 Å². The van der Waals surface area contributed by atoms with Gasteiger partial charge in [0.05, 0.1) is 20.8 Å². The van der Waals surface area contributed by atoms with Crippen molar-refractivity contribution in [3.8, 4) is 23.0 Å². The average Bonchev–Trinajstić information content (AvgIpc) is 3.63. The maximum absolute atomic E-state index is 12.7. The highest BCUT2D eigenvalue weighted by molar-refractivity contribution is 5.91. The standard InChI is InChI=1S/C30H37N3O6/c1-35-25-9-6-22(16-28(25)36-2)18-33(19-23-7-10-26-29(17-23)38-21-37-26)20-24-8-11-27(39-24)30(34)31-12-15-32-13-4-3-5-14-32/h6-11,16-17H,3-5,12-15,18-21H2,1-2H3,(H,31,34). The van der Waals surface area contributed by atoms with Crippen molar-refractivity contribution in [1.29, 1.82) is 0 Å². The van der Waals surface area contributed by atoms with Crippen LogP contribution in [0, 0.1) is 0 Å². The quantitative estimate of drug-likeness (QED) is 0.364. The number of piperidine rings is 1. The van der Waals surface area contributed by atoms with Crippen LogP contribution in [0.2, 0.25) is 0 Å². The number of furan rings is 1. The lowest BCUT2D eigenvalue weighted by Crippen LogP contribution is -2.37. The van der Waals surface area contributed by atoms with Gasteiger partial charge in [0.2, 0.25) is 6.79 Å². The summed E-state index contributed by atoms with van der Waals surface area (Å²) < 4.78 is 27.9. The molecule has 1 amide bonds. The topological polar surface area (TPSA) is 85.6 Å². The van der Waals surface area contributed by atoms with E-state index in [1.54, 1.807) is 20.3 Å². The molecule has 2 aliphatic rings. The number of ether oxygens (including phenoxy) is 4. The predicted octanol–water partition coefficient (Wildman–Crippen LogP) is 4.44. The van der Waals surface area contributed by atoms with Crippen LogP contribution in [0.25, 0.3) is 0 Å². The number of methoxy groups -OCH3 is 2. The highest BCUT2D eigenvalue weighted by Crippen LogP contribution is 2.33. The third-order valence-electron chi connectivity index (χ3n) is 7.12. The molecule has 2 aromatic carbocycles. The Morgan fingerprint density at radius 1 is 0.872 bits per heavy atom. The van der Waals surface area contributed by atoms with Crippen LogP contribution in [0.1, 0.15) is 46.7 Å². The van der Waals surface area contributed by atoms with E-state index in [2.05, 4.69) is 15.1 Å². The summed E-state index contributed by atoms with van der Waals surface area (Å²) in [7, 11) is 3.26. The fourth-order valence-corrected chi connectivity index (χ4v) is 5.11. The largest absolute Gasteiger partial charge is 0.493 e. The summed E-state index contributed by atoms with van der Waals surface area (Å²) in [6.45, 7) is 5.74. The van der Waals surface area contributed by atoms with Crippen molar-refractivity contribution in [2.24, 2.45) is 0 Å². The molecule has 9 heteroatoms. The minimum absolute atomic E-state index is 0.180. The molecule has 208 valence electrons. The van der Waals surface area contributed by atoms with Crippen LogP contribution in [0.4, 0.5) is 0 Å².